The minimum absolute atomic E-state index is 0.0138. The van der Waals surface area contributed by atoms with Crippen LogP contribution in [-0.2, 0) is 19.0 Å². The molecule has 5 atom stereocenters. The van der Waals surface area contributed by atoms with Crippen molar-refractivity contribution in [3.05, 3.63) is 0 Å². The van der Waals surface area contributed by atoms with Crippen LogP contribution < -0.4 is 5.32 Å². The number of carbonyl (C=O) groups excluding carboxylic acids is 1. The van der Waals surface area contributed by atoms with Crippen molar-refractivity contribution in [1.29, 1.82) is 0 Å². The molecule has 1 aliphatic rings. The number of hydrogen-bond acceptors (Lipinski definition) is 10. The summed E-state index contributed by atoms with van der Waals surface area (Å²) in [5.41, 5.74) is -0.690. The third-order valence-corrected chi connectivity index (χ3v) is 4.85. The van der Waals surface area contributed by atoms with E-state index in [9.17, 15) is 20.1 Å². The highest BCUT2D eigenvalue weighted by molar-refractivity contribution is 7.80. The van der Waals surface area contributed by atoms with E-state index >= 15 is 0 Å². The van der Waals surface area contributed by atoms with Crippen molar-refractivity contribution in [2.45, 2.75) is 88.7 Å². The molecule has 1 saturated heterocycles. The third kappa shape index (κ3) is 9.90. The Balaban J connectivity index is 2.42. The summed E-state index contributed by atoms with van der Waals surface area (Å²) in [5, 5.41) is 50.5. The van der Waals surface area contributed by atoms with Crippen molar-refractivity contribution in [1.82, 2.24) is 5.32 Å². The van der Waals surface area contributed by atoms with Crippen LogP contribution in [0.2, 0.25) is 0 Å². The van der Waals surface area contributed by atoms with E-state index in [4.69, 9.17) is 19.7 Å². The van der Waals surface area contributed by atoms with E-state index in [-0.39, 0.29) is 5.91 Å². The average Bonchev–Trinajstić information content (AvgIpc) is 2.64. The molecule has 0 aromatic heterocycles. The predicted octanol–water partition coefficient (Wildman–Crippen LogP) is -1.13. The second-order valence-corrected chi connectivity index (χ2v) is 8.13. The third-order valence-electron chi connectivity index (χ3n) is 4.63. The summed E-state index contributed by atoms with van der Waals surface area (Å²) < 4.78 is 15.9. The number of nitrogens with one attached hydrogen (secondary N) is 1. The van der Waals surface area contributed by atoms with Gasteiger partial charge in [-0.1, -0.05) is 12.8 Å². The molecule has 0 aliphatic carbocycles. The summed E-state index contributed by atoms with van der Waals surface area (Å²) in [6.45, 7) is 1.78. The Morgan fingerprint density at radius 3 is 2.45 bits per heavy atom. The smallest absolute Gasteiger partial charge is 0.266 e. The normalized spacial score (nSPS) is 28.0. The summed E-state index contributed by atoms with van der Waals surface area (Å²) in [4.78, 5) is 11.4. The van der Waals surface area contributed by atoms with Crippen molar-refractivity contribution in [3.8, 4) is 0 Å². The van der Waals surface area contributed by atoms with E-state index in [0.29, 0.717) is 25.1 Å². The largest absolute Gasteiger partial charge is 0.387 e. The molecule has 0 saturated carbocycles. The molecule has 29 heavy (non-hydrogen) atoms. The molecule has 1 heterocycles. The maximum atomic E-state index is 11.4. The zero-order valence-corrected chi connectivity index (χ0v) is 17.8. The van der Waals surface area contributed by atoms with Crippen LogP contribution in [-0.4, -0.2) is 93.1 Å². The fourth-order valence-corrected chi connectivity index (χ4v) is 3.18. The van der Waals surface area contributed by atoms with Gasteiger partial charge in [0.15, 0.2) is 6.29 Å². The van der Waals surface area contributed by atoms with Crippen LogP contribution in [0.4, 0.5) is 0 Å². The van der Waals surface area contributed by atoms with Gasteiger partial charge in [-0.2, -0.15) is 12.6 Å². The number of unbranched alkanes of at least 4 members (excludes halogenated alkanes) is 2. The van der Waals surface area contributed by atoms with Crippen LogP contribution in [0.3, 0.4) is 0 Å². The number of aliphatic hydroxyl groups excluding tert-OH is 4. The number of thiol groups is 1. The molecule has 172 valence electrons. The number of rotatable bonds is 13. The first kappa shape index (κ1) is 26.5. The van der Waals surface area contributed by atoms with Gasteiger partial charge in [0.1, 0.15) is 24.4 Å². The molecule has 0 aromatic rings. The van der Waals surface area contributed by atoms with Crippen molar-refractivity contribution >= 4 is 18.5 Å². The first-order valence-corrected chi connectivity index (χ1v) is 10.4. The number of aliphatic hydroxyl groups is 5. The van der Waals surface area contributed by atoms with Gasteiger partial charge in [0, 0.05) is 13.0 Å². The van der Waals surface area contributed by atoms with Gasteiger partial charge in [-0.05, 0) is 32.4 Å². The molecule has 11 heteroatoms. The maximum Gasteiger partial charge on any atom is 0.266 e. The Bertz CT molecular complexity index is 480. The number of ether oxygens (including phenoxy) is 3. The van der Waals surface area contributed by atoms with Gasteiger partial charge in [-0.15, -0.1) is 0 Å². The fourth-order valence-electron chi connectivity index (χ4n) is 2.98. The standard InChI is InChI=1S/C18H35NO9S/c1-18(2,7-4-3-5-8-19-12(20)6-9-29)28-16-15(23)14(22)13(21)11(27-16)10-26-17(24)25/h11,13-17,21-25,29H,3-10H2,1-2H3,(H,19,20)/t11?,13-,14?,15?,16+/m0/s1. The van der Waals surface area contributed by atoms with Crippen molar-refractivity contribution in [2.75, 3.05) is 18.9 Å². The van der Waals surface area contributed by atoms with Gasteiger partial charge in [0.05, 0.1) is 12.2 Å². The lowest BCUT2D eigenvalue weighted by Gasteiger charge is -2.43. The van der Waals surface area contributed by atoms with Gasteiger partial charge in [0.25, 0.3) is 6.48 Å². The topological polar surface area (TPSA) is 158 Å². The van der Waals surface area contributed by atoms with Crippen LogP contribution in [0.25, 0.3) is 0 Å². The highest BCUT2D eigenvalue weighted by atomic mass is 32.1. The Hall–Kier alpha value is -0.500. The number of hydrogen-bond donors (Lipinski definition) is 7. The monoisotopic (exact) mass is 441 g/mol. The van der Waals surface area contributed by atoms with Crippen LogP contribution in [0.5, 0.6) is 0 Å². The summed E-state index contributed by atoms with van der Waals surface area (Å²) in [6, 6.07) is 0. The molecular formula is C18H35NO9S. The van der Waals surface area contributed by atoms with Crippen LogP contribution in [0.1, 0.15) is 46.0 Å². The molecule has 1 fully saturated rings. The van der Waals surface area contributed by atoms with Gasteiger partial charge >= 0.3 is 0 Å². The van der Waals surface area contributed by atoms with Crippen LogP contribution >= 0.6 is 12.6 Å². The number of carbonyl (C=O) groups is 1. The van der Waals surface area contributed by atoms with Crippen LogP contribution in [0.15, 0.2) is 0 Å². The van der Waals surface area contributed by atoms with Gasteiger partial charge in [-0.3, -0.25) is 4.79 Å². The zero-order chi connectivity index (χ0) is 22.0. The maximum absolute atomic E-state index is 11.4. The lowest BCUT2D eigenvalue weighted by atomic mass is 9.97. The molecule has 0 bridgehead atoms. The Morgan fingerprint density at radius 1 is 1.14 bits per heavy atom. The summed E-state index contributed by atoms with van der Waals surface area (Å²) in [5.74, 6) is 0.506. The molecule has 10 nitrogen and oxygen atoms in total. The minimum atomic E-state index is -2.05. The molecule has 3 unspecified atom stereocenters. The van der Waals surface area contributed by atoms with E-state index < -0.39 is 49.4 Å². The minimum Gasteiger partial charge on any atom is -0.387 e. The molecule has 0 spiro atoms. The second kappa shape index (κ2) is 13.0. The van der Waals surface area contributed by atoms with E-state index in [1.165, 1.54) is 0 Å². The molecular weight excluding hydrogens is 406 g/mol. The van der Waals surface area contributed by atoms with E-state index in [1.54, 1.807) is 0 Å². The van der Waals surface area contributed by atoms with Crippen molar-refractivity contribution in [2.24, 2.45) is 0 Å². The fraction of sp³-hybridized carbons (Fsp3) is 0.944. The Labute approximate surface area is 176 Å². The molecule has 1 rings (SSSR count). The van der Waals surface area contributed by atoms with Crippen molar-refractivity contribution < 1.29 is 44.5 Å². The van der Waals surface area contributed by atoms with E-state index in [1.807, 2.05) is 13.8 Å². The van der Waals surface area contributed by atoms with Gasteiger partial charge in [-0.25, -0.2) is 0 Å². The molecule has 6 N–H and O–H groups in total. The highest BCUT2D eigenvalue weighted by Crippen LogP contribution is 2.28. The number of amides is 1. The highest BCUT2D eigenvalue weighted by Gasteiger charge is 2.46. The van der Waals surface area contributed by atoms with E-state index in [0.717, 1.165) is 19.3 Å². The van der Waals surface area contributed by atoms with E-state index in [2.05, 4.69) is 22.7 Å². The second-order valence-electron chi connectivity index (χ2n) is 7.69. The summed E-state index contributed by atoms with van der Waals surface area (Å²) >= 11 is 4.01. The first-order chi connectivity index (χ1) is 13.6. The summed E-state index contributed by atoms with van der Waals surface area (Å²) in [6.07, 6.45) is -3.24. The van der Waals surface area contributed by atoms with Crippen LogP contribution in [0, 0.1) is 0 Å². The SMILES string of the molecule is CC(C)(CCCCCNC(=O)CCS)O[C@H]1OC(COC(O)O)[C@H](O)C(O)C1O. The summed E-state index contributed by atoms with van der Waals surface area (Å²) in [7, 11) is 0. The lowest BCUT2D eigenvalue weighted by Crippen LogP contribution is -2.60. The molecule has 0 radical (unpaired) electrons. The molecule has 0 aromatic carbocycles. The quantitative estimate of drug-likeness (QED) is 0.107. The van der Waals surface area contributed by atoms with Crippen molar-refractivity contribution in [3.63, 3.8) is 0 Å². The first-order valence-electron chi connectivity index (χ1n) is 9.80. The Morgan fingerprint density at radius 2 is 1.83 bits per heavy atom. The predicted molar refractivity (Wildman–Crippen MR) is 106 cm³/mol. The van der Waals surface area contributed by atoms with Gasteiger partial charge in [0.2, 0.25) is 5.91 Å². The average molecular weight is 442 g/mol. The molecule has 1 amide bonds. The molecule has 1 aliphatic heterocycles. The van der Waals surface area contributed by atoms with Gasteiger partial charge < -0.3 is 45.1 Å². The Kier molecular flexibility index (Phi) is 11.9. The lowest BCUT2D eigenvalue weighted by molar-refractivity contribution is -0.336. The zero-order valence-electron chi connectivity index (χ0n) is 16.9.